The Morgan fingerprint density at radius 1 is 1.29 bits per heavy atom. The van der Waals surface area contributed by atoms with Gasteiger partial charge >= 0.3 is 0 Å². The number of nitrogens with two attached hydrogens (primary N) is 1. The summed E-state index contributed by atoms with van der Waals surface area (Å²) in [6.07, 6.45) is 2.00. The van der Waals surface area contributed by atoms with Crippen LogP contribution in [0.3, 0.4) is 0 Å². The van der Waals surface area contributed by atoms with E-state index in [2.05, 4.69) is 5.32 Å². The molecule has 0 spiro atoms. The summed E-state index contributed by atoms with van der Waals surface area (Å²) in [5.41, 5.74) is 5.32. The second-order valence-electron chi connectivity index (χ2n) is 4.28. The smallest absolute Gasteiger partial charge is 0.235 e. The molecule has 6 heteroatoms. The van der Waals surface area contributed by atoms with Gasteiger partial charge in [0.25, 0.3) is 0 Å². The van der Waals surface area contributed by atoms with Gasteiger partial charge in [-0.25, -0.2) is 8.42 Å². The normalized spacial score (nSPS) is 13.7. The van der Waals surface area contributed by atoms with Crippen molar-refractivity contribution in [2.45, 2.75) is 51.3 Å². The molecule has 0 aromatic carbocycles. The molecule has 17 heavy (non-hydrogen) atoms. The SMILES string of the molecule is CCC(CC)NC(=O)CS(=O)(=O)C(C)CCN. The fraction of sp³-hybridized carbons (Fsp3) is 0.909. The van der Waals surface area contributed by atoms with E-state index in [4.69, 9.17) is 5.73 Å². The molecule has 0 aromatic rings. The summed E-state index contributed by atoms with van der Waals surface area (Å²) < 4.78 is 23.5. The van der Waals surface area contributed by atoms with E-state index in [0.717, 1.165) is 12.8 Å². The van der Waals surface area contributed by atoms with Crippen LogP contribution < -0.4 is 11.1 Å². The zero-order chi connectivity index (χ0) is 13.5. The van der Waals surface area contributed by atoms with Crippen molar-refractivity contribution in [3.63, 3.8) is 0 Å². The molecule has 0 saturated carbocycles. The number of amides is 1. The fourth-order valence-electron chi connectivity index (χ4n) is 1.50. The number of sulfone groups is 1. The van der Waals surface area contributed by atoms with E-state index < -0.39 is 26.7 Å². The lowest BCUT2D eigenvalue weighted by atomic mass is 10.2. The second-order valence-corrected chi connectivity index (χ2v) is 6.70. The standard InChI is InChI=1S/C11H24N2O3S/c1-4-10(5-2)13-11(14)8-17(15,16)9(3)6-7-12/h9-10H,4-8,12H2,1-3H3,(H,13,14). The molecule has 0 radical (unpaired) electrons. The van der Waals surface area contributed by atoms with Crippen molar-refractivity contribution in [3.8, 4) is 0 Å². The van der Waals surface area contributed by atoms with Gasteiger partial charge in [0.2, 0.25) is 5.91 Å². The summed E-state index contributed by atoms with van der Waals surface area (Å²) in [6, 6.07) is 0.0579. The molecule has 1 amide bonds. The molecule has 0 aromatic heterocycles. The van der Waals surface area contributed by atoms with Gasteiger partial charge in [-0.05, 0) is 32.7 Å². The molecule has 5 nitrogen and oxygen atoms in total. The molecule has 102 valence electrons. The number of rotatable bonds is 8. The predicted octanol–water partition coefficient (Wildman–Crippen LogP) is 0.443. The van der Waals surface area contributed by atoms with Gasteiger partial charge in [-0.2, -0.15) is 0 Å². The van der Waals surface area contributed by atoms with Crippen molar-refractivity contribution in [1.82, 2.24) is 5.32 Å². The van der Waals surface area contributed by atoms with Gasteiger partial charge in [0.1, 0.15) is 5.75 Å². The highest BCUT2D eigenvalue weighted by molar-refractivity contribution is 7.92. The third-order valence-electron chi connectivity index (χ3n) is 2.87. The van der Waals surface area contributed by atoms with E-state index in [0.29, 0.717) is 13.0 Å². The van der Waals surface area contributed by atoms with Crippen LogP contribution in [0, 0.1) is 0 Å². The summed E-state index contributed by atoms with van der Waals surface area (Å²) in [5, 5.41) is 2.16. The van der Waals surface area contributed by atoms with Crippen LogP contribution in [0.4, 0.5) is 0 Å². The molecule has 0 saturated heterocycles. The number of nitrogens with one attached hydrogen (secondary N) is 1. The van der Waals surface area contributed by atoms with Crippen molar-refractivity contribution in [2.75, 3.05) is 12.3 Å². The fourth-order valence-corrected chi connectivity index (χ4v) is 2.73. The Hall–Kier alpha value is -0.620. The Labute approximate surface area is 104 Å². The van der Waals surface area contributed by atoms with E-state index in [9.17, 15) is 13.2 Å². The highest BCUT2D eigenvalue weighted by Gasteiger charge is 2.24. The van der Waals surface area contributed by atoms with Crippen molar-refractivity contribution in [3.05, 3.63) is 0 Å². The molecule has 0 rings (SSSR count). The molecular formula is C11H24N2O3S. The molecule has 0 heterocycles. The van der Waals surface area contributed by atoms with Crippen LogP contribution in [0.25, 0.3) is 0 Å². The largest absolute Gasteiger partial charge is 0.353 e. The maximum absolute atomic E-state index is 11.8. The second kappa shape index (κ2) is 7.66. The van der Waals surface area contributed by atoms with Gasteiger partial charge < -0.3 is 11.1 Å². The van der Waals surface area contributed by atoms with E-state index in [1.165, 1.54) is 0 Å². The Bertz CT molecular complexity index is 324. The summed E-state index contributed by atoms with van der Waals surface area (Å²) in [7, 11) is -3.38. The van der Waals surface area contributed by atoms with Crippen LogP contribution in [0.1, 0.15) is 40.0 Å². The van der Waals surface area contributed by atoms with Crippen LogP contribution in [0.2, 0.25) is 0 Å². The summed E-state index contributed by atoms with van der Waals surface area (Å²) in [6.45, 7) is 5.82. The topological polar surface area (TPSA) is 89.3 Å². The number of hydrogen-bond donors (Lipinski definition) is 2. The maximum Gasteiger partial charge on any atom is 0.235 e. The molecule has 1 atom stereocenters. The lowest BCUT2D eigenvalue weighted by molar-refractivity contribution is -0.119. The lowest BCUT2D eigenvalue weighted by Crippen LogP contribution is -2.39. The summed E-state index contributed by atoms with van der Waals surface area (Å²) in [4.78, 5) is 11.6. The molecule has 0 fully saturated rings. The van der Waals surface area contributed by atoms with Gasteiger partial charge in [-0.1, -0.05) is 13.8 Å². The van der Waals surface area contributed by atoms with Crippen molar-refractivity contribution >= 4 is 15.7 Å². The Kier molecular flexibility index (Phi) is 7.38. The minimum Gasteiger partial charge on any atom is -0.353 e. The van der Waals surface area contributed by atoms with Gasteiger partial charge in [0.05, 0.1) is 5.25 Å². The first-order valence-electron chi connectivity index (χ1n) is 6.08. The zero-order valence-electron chi connectivity index (χ0n) is 10.9. The predicted molar refractivity (Wildman–Crippen MR) is 69.4 cm³/mol. The molecular weight excluding hydrogens is 240 g/mol. The van der Waals surface area contributed by atoms with Crippen molar-refractivity contribution in [1.29, 1.82) is 0 Å². The van der Waals surface area contributed by atoms with Gasteiger partial charge in [0, 0.05) is 6.04 Å². The third kappa shape index (κ3) is 6.02. The molecule has 3 N–H and O–H groups in total. The average Bonchev–Trinajstić information content (AvgIpc) is 2.25. The van der Waals surface area contributed by atoms with Crippen molar-refractivity contribution < 1.29 is 13.2 Å². The van der Waals surface area contributed by atoms with Gasteiger partial charge in [0.15, 0.2) is 9.84 Å². The Morgan fingerprint density at radius 2 is 1.82 bits per heavy atom. The average molecular weight is 264 g/mol. The van der Waals surface area contributed by atoms with Crippen LogP contribution in [-0.2, 0) is 14.6 Å². The highest BCUT2D eigenvalue weighted by atomic mass is 32.2. The van der Waals surface area contributed by atoms with Crippen LogP contribution >= 0.6 is 0 Å². The van der Waals surface area contributed by atoms with E-state index in [1.54, 1.807) is 6.92 Å². The zero-order valence-corrected chi connectivity index (χ0v) is 11.7. The monoisotopic (exact) mass is 264 g/mol. The first kappa shape index (κ1) is 16.4. The Balaban J connectivity index is 4.37. The molecule has 0 aliphatic rings. The van der Waals surface area contributed by atoms with Crippen LogP contribution in [0.5, 0.6) is 0 Å². The van der Waals surface area contributed by atoms with Gasteiger partial charge in [-0.3, -0.25) is 4.79 Å². The quantitative estimate of drug-likeness (QED) is 0.666. The maximum atomic E-state index is 11.8. The first-order valence-corrected chi connectivity index (χ1v) is 7.79. The van der Waals surface area contributed by atoms with Crippen molar-refractivity contribution in [2.24, 2.45) is 5.73 Å². The van der Waals surface area contributed by atoms with E-state index in [-0.39, 0.29) is 6.04 Å². The highest BCUT2D eigenvalue weighted by Crippen LogP contribution is 2.06. The first-order chi connectivity index (χ1) is 7.87. The van der Waals surface area contributed by atoms with E-state index >= 15 is 0 Å². The molecule has 1 unspecified atom stereocenters. The van der Waals surface area contributed by atoms with Gasteiger partial charge in [-0.15, -0.1) is 0 Å². The number of carbonyl (C=O) groups is 1. The number of hydrogen-bond acceptors (Lipinski definition) is 4. The summed E-state index contributed by atoms with van der Waals surface area (Å²) in [5.74, 6) is -0.854. The molecule has 0 aliphatic heterocycles. The minimum atomic E-state index is -3.38. The number of carbonyl (C=O) groups excluding carboxylic acids is 1. The lowest BCUT2D eigenvalue weighted by Gasteiger charge is -2.16. The summed E-state index contributed by atoms with van der Waals surface area (Å²) >= 11 is 0. The minimum absolute atomic E-state index is 0.0579. The van der Waals surface area contributed by atoms with Crippen LogP contribution in [0.15, 0.2) is 0 Å². The third-order valence-corrected chi connectivity index (χ3v) is 5.00. The molecule has 0 aliphatic carbocycles. The molecule has 0 bridgehead atoms. The Morgan fingerprint density at radius 3 is 2.24 bits per heavy atom. The van der Waals surface area contributed by atoms with E-state index in [1.807, 2.05) is 13.8 Å². The van der Waals surface area contributed by atoms with Crippen LogP contribution in [-0.4, -0.2) is 37.9 Å².